The second-order valence-electron chi connectivity index (χ2n) is 2.65. The van der Waals surface area contributed by atoms with Crippen LogP contribution < -0.4 is 0 Å². The van der Waals surface area contributed by atoms with Crippen LogP contribution in [0.15, 0.2) is 12.3 Å². The van der Waals surface area contributed by atoms with Crippen LogP contribution in [-0.2, 0) is 17.8 Å². The maximum Gasteiger partial charge on any atom is 0.325 e. The van der Waals surface area contributed by atoms with Crippen molar-refractivity contribution in [1.82, 2.24) is 9.78 Å². The summed E-state index contributed by atoms with van der Waals surface area (Å²) in [6, 6.07) is 1.85. The zero-order valence-corrected chi connectivity index (χ0v) is 7.03. The Morgan fingerprint density at radius 2 is 2.50 bits per heavy atom. The van der Waals surface area contributed by atoms with E-state index in [-0.39, 0.29) is 6.54 Å². The molecule has 66 valence electrons. The van der Waals surface area contributed by atoms with Gasteiger partial charge in [0.15, 0.2) is 0 Å². The maximum atomic E-state index is 10.3. The molecule has 1 rings (SSSR count). The summed E-state index contributed by atoms with van der Waals surface area (Å²) in [6.45, 7) is 2.01. The van der Waals surface area contributed by atoms with Crippen LogP contribution in [-0.4, -0.2) is 20.9 Å². The summed E-state index contributed by atoms with van der Waals surface area (Å²) in [5.74, 6) is -0.860. The van der Waals surface area contributed by atoms with Crippen LogP contribution in [0.2, 0.25) is 0 Å². The van der Waals surface area contributed by atoms with Crippen LogP contribution in [0.5, 0.6) is 0 Å². The van der Waals surface area contributed by atoms with E-state index in [1.165, 1.54) is 4.68 Å². The van der Waals surface area contributed by atoms with Gasteiger partial charge in [0.2, 0.25) is 0 Å². The molecule has 0 aliphatic carbocycles. The highest BCUT2D eigenvalue weighted by Crippen LogP contribution is 1.98. The van der Waals surface area contributed by atoms with Gasteiger partial charge in [0.25, 0.3) is 0 Å². The standard InChI is InChI=1S/C8H12N2O2/c1-2-3-7-4-5-10(9-7)6-8(11)12/h4-5H,2-3,6H2,1H3,(H,11,12). The van der Waals surface area contributed by atoms with Crippen LogP contribution in [0.25, 0.3) is 0 Å². The number of carboxylic acids is 1. The summed E-state index contributed by atoms with van der Waals surface area (Å²) in [5, 5.41) is 12.5. The number of aromatic nitrogens is 2. The minimum atomic E-state index is -0.860. The lowest BCUT2D eigenvalue weighted by atomic mass is 10.3. The van der Waals surface area contributed by atoms with Gasteiger partial charge in [-0.15, -0.1) is 0 Å². The Morgan fingerprint density at radius 3 is 3.08 bits per heavy atom. The molecule has 1 N–H and O–H groups in total. The number of aryl methyl sites for hydroxylation is 1. The zero-order valence-electron chi connectivity index (χ0n) is 7.03. The minimum Gasteiger partial charge on any atom is -0.480 e. The van der Waals surface area contributed by atoms with Gasteiger partial charge in [-0.2, -0.15) is 5.10 Å². The number of rotatable bonds is 4. The van der Waals surface area contributed by atoms with Crippen molar-refractivity contribution in [3.8, 4) is 0 Å². The number of nitrogens with zero attached hydrogens (tertiary/aromatic N) is 2. The van der Waals surface area contributed by atoms with Crippen molar-refractivity contribution in [3.05, 3.63) is 18.0 Å². The molecule has 0 saturated carbocycles. The average Bonchev–Trinajstić information content (AvgIpc) is 2.36. The SMILES string of the molecule is CCCc1ccn(CC(=O)O)n1. The van der Waals surface area contributed by atoms with E-state index in [1.54, 1.807) is 6.20 Å². The number of hydrogen-bond donors (Lipinski definition) is 1. The summed E-state index contributed by atoms with van der Waals surface area (Å²) >= 11 is 0. The van der Waals surface area contributed by atoms with Gasteiger partial charge < -0.3 is 5.11 Å². The average molecular weight is 168 g/mol. The van der Waals surface area contributed by atoms with Gasteiger partial charge in [-0.25, -0.2) is 0 Å². The minimum absolute atomic E-state index is 0.0519. The molecule has 0 saturated heterocycles. The molecule has 0 bridgehead atoms. The monoisotopic (exact) mass is 168 g/mol. The van der Waals surface area contributed by atoms with Gasteiger partial charge in [-0.05, 0) is 12.5 Å². The molecule has 0 atom stereocenters. The van der Waals surface area contributed by atoms with Crippen LogP contribution in [0.4, 0.5) is 0 Å². The van der Waals surface area contributed by atoms with Gasteiger partial charge in [-0.3, -0.25) is 9.48 Å². The Morgan fingerprint density at radius 1 is 1.75 bits per heavy atom. The molecule has 0 amide bonds. The van der Waals surface area contributed by atoms with Crippen LogP contribution >= 0.6 is 0 Å². The molecule has 0 radical (unpaired) electrons. The van der Waals surface area contributed by atoms with Gasteiger partial charge in [0.1, 0.15) is 6.54 Å². The molecule has 1 heterocycles. The van der Waals surface area contributed by atoms with E-state index in [0.29, 0.717) is 0 Å². The number of hydrogen-bond acceptors (Lipinski definition) is 2. The van der Waals surface area contributed by atoms with Crippen LogP contribution in [0.3, 0.4) is 0 Å². The van der Waals surface area contributed by atoms with Gasteiger partial charge in [0, 0.05) is 6.20 Å². The first-order chi connectivity index (χ1) is 5.72. The molecule has 4 nitrogen and oxygen atoms in total. The number of carboxylic acid groups (broad SMARTS) is 1. The fourth-order valence-corrected chi connectivity index (χ4v) is 1.02. The maximum absolute atomic E-state index is 10.3. The Balaban J connectivity index is 2.58. The normalized spacial score (nSPS) is 10.1. The first-order valence-electron chi connectivity index (χ1n) is 3.96. The first-order valence-corrected chi connectivity index (χ1v) is 3.96. The lowest BCUT2D eigenvalue weighted by Gasteiger charge is -1.94. The van der Waals surface area contributed by atoms with Crippen LogP contribution in [0.1, 0.15) is 19.0 Å². The molecule has 1 aromatic heterocycles. The zero-order chi connectivity index (χ0) is 8.97. The molecule has 0 unspecified atom stereocenters. The lowest BCUT2D eigenvalue weighted by molar-refractivity contribution is -0.137. The second-order valence-corrected chi connectivity index (χ2v) is 2.65. The second kappa shape index (κ2) is 3.90. The van der Waals surface area contributed by atoms with Crippen molar-refractivity contribution >= 4 is 5.97 Å². The van der Waals surface area contributed by atoms with Crippen molar-refractivity contribution in [3.63, 3.8) is 0 Å². The van der Waals surface area contributed by atoms with Crippen LogP contribution in [0, 0.1) is 0 Å². The molecule has 0 fully saturated rings. The molecule has 0 aliphatic rings. The molecule has 1 aromatic rings. The summed E-state index contributed by atoms with van der Waals surface area (Å²) in [4.78, 5) is 10.3. The van der Waals surface area contributed by atoms with E-state index in [0.717, 1.165) is 18.5 Å². The smallest absolute Gasteiger partial charge is 0.325 e. The van der Waals surface area contributed by atoms with E-state index in [1.807, 2.05) is 6.07 Å². The quantitative estimate of drug-likeness (QED) is 0.727. The molecule has 4 heteroatoms. The summed E-state index contributed by atoms with van der Waals surface area (Å²) in [7, 11) is 0. The highest BCUT2D eigenvalue weighted by Gasteiger charge is 2.01. The Bertz CT molecular complexity index is 268. The highest BCUT2D eigenvalue weighted by molar-refractivity contribution is 5.66. The summed E-state index contributed by atoms with van der Waals surface area (Å²) in [5.41, 5.74) is 0.957. The Labute approximate surface area is 70.8 Å². The van der Waals surface area contributed by atoms with Crippen molar-refractivity contribution in [2.24, 2.45) is 0 Å². The van der Waals surface area contributed by atoms with Gasteiger partial charge in [-0.1, -0.05) is 13.3 Å². The third-order valence-electron chi connectivity index (χ3n) is 1.50. The number of aliphatic carboxylic acids is 1. The molecule has 0 spiro atoms. The molecular formula is C8H12N2O2. The summed E-state index contributed by atoms with van der Waals surface area (Å²) < 4.78 is 1.44. The molecule has 0 aromatic carbocycles. The number of carbonyl (C=O) groups is 1. The van der Waals surface area contributed by atoms with E-state index in [4.69, 9.17) is 5.11 Å². The topological polar surface area (TPSA) is 55.1 Å². The first kappa shape index (κ1) is 8.77. The Kier molecular flexibility index (Phi) is 2.85. The fraction of sp³-hybridized carbons (Fsp3) is 0.500. The van der Waals surface area contributed by atoms with Crippen molar-refractivity contribution in [2.75, 3.05) is 0 Å². The predicted octanol–water partition coefficient (Wildman–Crippen LogP) is 0.920. The van der Waals surface area contributed by atoms with E-state index in [9.17, 15) is 4.79 Å². The Hall–Kier alpha value is -1.32. The van der Waals surface area contributed by atoms with E-state index >= 15 is 0 Å². The van der Waals surface area contributed by atoms with Gasteiger partial charge >= 0.3 is 5.97 Å². The molecular weight excluding hydrogens is 156 g/mol. The van der Waals surface area contributed by atoms with E-state index in [2.05, 4.69) is 12.0 Å². The third kappa shape index (κ3) is 2.38. The largest absolute Gasteiger partial charge is 0.480 e. The van der Waals surface area contributed by atoms with Gasteiger partial charge in [0.05, 0.1) is 5.69 Å². The fourth-order valence-electron chi connectivity index (χ4n) is 1.02. The molecule has 12 heavy (non-hydrogen) atoms. The van der Waals surface area contributed by atoms with Crippen molar-refractivity contribution < 1.29 is 9.90 Å². The predicted molar refractivity (Wildman–Crippen MR) is 43.9 cm³/mol. The molecule has 0 aliphatic heterocycles. The van der Waals surface area contributed by atoms with Crippen molar-refractivity contribution in [2.45, 2.75) is 26.3 Å². The lowest BCUT2D eigenvalue weighted by Crippen LogP contribution is -2.09. The van der Waals surface area contributed by atoms with Crippen molar-refractivity contribution in [1.29, 1.82) is 0 Å². The van der Waals surface area contributed by atoms with E-state index < -0.39 is 5.97 Å². The third-order valence-corrected chi connectivity index (χ3v) is 1.50. The summed E-state index contributed by atoms with van der Waals surface area (Å²) in [6.07, 6.45) is 3.63. The highest BCUT2D eigenvalue weighted by atomic mass is 16.4.